The topological polar surface area (TPSA) is 35.5 Å². The maximum Gasteiger partial charge on any atom is 0.262 e. The molecule has 2 aromatic rings. The maximum absolute atomic E-state index is 12.8. The van der Waals surface area contributed by atoms with Crippen molar-refractivity contribution in [3.63, 3.8) is 0 Å². The minimum Gasteiger partial charge on any atom is -0.335 e. The van der Waals surface area contributed by atoms with E-state index in [4.69, 9.17) is 9.47 Å². The summed E-state index contributed by atoms with van der Waals surface area (Å²) < 4.78 is 11.6. The highest BCUT2D eigenvalue weighted by Gasteiger charge is 2.51. The largest absolute Gasteiger partial charge is 0.335 e. The highest BCUT2D eigenvalue weighted by molar-refractivity contribution is 6.04. The van der Waals surface area contributed by atoms with Gasteiger partial charge >= 0.3 is 0 Å². The molecule has 94 valence electrons. The van der Waals surface area contributed by atoms with Crippen molar-refractivity contribution in [2.45, 2.75) is 19.0 Å². The molecule has 4 rings (SSSR count). The zero-order chi connectivity index (χ0) is 12.9. The van der Waals surface area contributed by atoms with Crippen molar-refractivity contribution in [2.24, 2.45) is 0 Å². The monoisotopic (exact) mass is 252 g/mol. The van der Waals surface area contributed by atoms with E-state index in [2.05, 4.69) is 0 Å². The second-order valence-corrected chi connectivity index (χ2v) is 4.84. The predicted molar refractivity (Wildman–Crippen MR) is 68.5 cm³/mol. The number of benzene rings is 2. The molecule has 19 heavy (non-hydrogen) atoms. The molecule has 0 saturated heterocycles. The third-order valence-corrected chi connectivity index (χ3v) is 3.79. The maximum atomic E-state index is 12.8. The molecule has 0 radical (unpaired) electrons. The summed E-state index contributed by atoms with van der Waals surface area (Å²) in [6.45, 7) is 0.820. The minimum atomic E-state index is -1.23. The Balaban J connectivity index is 1.90. The lowest BCUT2D eigenvalue weighted by Gasteiger charge is -2.32. The number of carbonyl (C=O) groups excluding carboxylic acids is 1. The molecule has 0 saturated carbocycles. The van der Waals surface area contributed by atoms with Crippen molar-refractivity contribution in [1.29, 1.82) is 0 Å². The zero-order valence-corrected chi connectivity index (χ0v) is 10.3. The van der Waals surface area contributed by atoms with Crippen molar-refractivity contribution in [1.82, 2.24) is 0 Å². The number of fused-ring (bicyclic) bond motifs is 3. The fourth-order valence-electron chi connectivity index (χ4n) is 2.82. The lowest BCUT2D eigenvalue weighted by Crippen LogP contribution is -2.42. The van der Waals surface area contributed by atoms with Gasteiger partial charge in [0.25, 0.3) is 5.79 Å². The normalized spacial score (nSPS) is 24.3. The van der Waals surface area contributed by atoms with E-state index in [0.717, 1.165) is 16.7 Å². The van der Waals surface area contributed by atoms with Gasteiger partial charge in [0.15, 0.2) is 0 Å². The summed E-state index contributed by atoms with van der Waals surface area (Å²) in [6, 6.07) is 15.3. The van der Waals surface area contributed by atoms with Gasteiger partial charge in [-0.25, -0.2) is 0 Å². The van der Waals surface area contributed by atoms with Crippen LogP contribution in [0.15, 0.2) is 48.5 Å². The zero-order valence-electron chi connectivity index (χ0n) is 10.3. The van der Waals surface area contributed by atoms with Gasteiger partial charge in [-0.1, -0.05) is 48.5 Å². The molecule has 0 aromatic heterocycles. The average molecular weight is 252 g/mol. The first-order chi connectivity index (χ1) is 9.31. The molecular formula is C16H12O3. The van der Waals surface area contributed by atoms with Crippen LogP contribution in [0.1, 0.15) is 27.0 Å². The van der Waals surface area contributed by atoms with E-state index in [1.54, 1.807) is 0 Å². The molecule has 2 aliphatic rings. The predicted octanol–water partition coefficient (Wildman–Crippen LogP) is 2.78. The first-order valence-electron chi connectivity index (χ1n) is 6.30. The van der Waals surface area contributed by atoms with Gasteiger partial charge in [0.05, 0.1) is 13.2 Å². The smallest absolute Gasteiger partial charge is 0.262 e. The first kappa shape index (κ1) is 10.9. The Morgan fingerprint density at radius 1 is 0.842 bits per heavy atom. The van der Waals surface area contributed by atoms with Crippen LogP contribution in [-0.4, -0.2) is 5.78 Å². The number of ketones is 1. The van der Waals surface area contributed by atoms with Crippen molar-refractivity contribution in [3.8, 4) is 0 Å². The fraction of sp³-hybridized carbons (Fsp3) is 0.188. The highest BCUT2D eigenvalue weighted by atomic mass is 16.7. The molecule has 2 aliphatic heterocycles. The summed E-state index contributed by atoms with van der Waals surface area (Å²) >= 11 is 0. The Hall–Kier alpha value is -1.97. The Morgan fingerprint density at radius 3 is 2.32 bits per heavy atom. The number of carbonyl (C=O) groups is 1. The Bertz CT molecular complexity index is 677. The van der Waals surface area contributed by atoms with Crippen LogP contribution in [0.25, 0.3) is 0 Å². The molecule has 0 amide bonds. The summed E-state index contributed by atoms with van der Waals surface area (Å²) in [5.74, 6) is -1.33. The van der Waals surface area contributed by atoms with Gasteiger partial charge in [-0.2, -0.15) is 0 Å². The molecule has 0 aliphatic carbocycles. The average Bonchev–Trinajstić information content (AvgIpc) is 2.84. The SMILES string of the molecule is O=C1c2ccccc2COC12OCc1ccccc12. The Labute approximate surface area is 110 Å². The van der Waals surface area contributed by atoms with Crippen molar-refractivity contribution in [3.05, 3.63) is 70.8 Å². The second-order valence-electron chi connectivity index (χ2n) is 4.84. The number of rotatable bonds is 0. The minimum absolute atomic E-state index is 0.0979. The lowest BCUT2D eigenvalue weighted by atomic mass is 9.90. The van der Waals surface area contributed by atoms with Gasteiger partial charge in [-0.3, -0.25) is 4.79 Å². The van der Waals surface area contributed by atoms with Gasteiger partial charge in [0, 0.05) is 11.1 Å². The van der Waals surface area contributed by atoms with Crippen LogP contribution < -0.4 is 0 Å². The van der Waals surface area contributed by atoms with E-state index in [1.807, 2.05) is 48.5 Å². The van der Waals surface area contributed by atoms with Crippen LogP contribution in [-0.2, 0) is 28.5 Å². The highest BCUT2D eigenvalue weighted by Crippen LogP contribution is 2.43. The van der Waals surface area contributed by atoms with Crippen molar-refractivity contribution in [2.75, 3.05) is 0 Å². The first-order valence-corrected chi connectivity index (χ1v) is 6.30. The summed E-state index contributed by atoms with van der Waals surface area (Å²) in [6.07, 6.45) is 0. The van der Waals surface area contributed by atoms with Crippen LogP contribution in [0, 0.1) is 0 Å². The standard InChI is InChI=1S/C16H12O3/c17-15-13-7-3-1-5-11(13)9-18-16(15)14-8-4-2-6-12(14)10-19-16/h1-8H,9-10H2. The van der Waals surface area contributed by atoms with Gasteiger partial charge in [0.2, 0.25) is 5.78 Å². The van der Waals surface area contributed by atoms with E-state index in [0.29, 0.717) is 18.8 Å². The van der Waals surface area contributed by atoms with Crippen LogP contribution in [0.5, 0.6) is 0 Å². The summed E-state index contributed by atoms with van der Waals surface area (Å²) in [5, 5.41) is 0. The van der Waals surface area contributed by atoms with E-state index < -0.39 is 5.79 Å². The molecule has 3 heteroatoms. The molecule has 0 N–H and O–H groups in total. The van der Waals surface area contributed by atoms with Crippen LogP contribution in [0.2, 0.25) is 0 Å². The third-order valence-electron chi connectivity index (χ3n) is 3.79. The molecule has 0 bridgehead atoms. The van der Waals surface area contributed by atoms with Crippen molar-refractivity contribution < 1.29 is 14.3 Å². The van der Waals surface area contributed by atoms with E-state index >= 15 is 0 Å². The second kappa shape index (κ2) is 3.76. The van der Waals surface area contributed by atoms with Gasteiger partial charge < -0.3 is 9.47 Å². The van der Waals surface area contributed by atoms with Crippen LogP contribution >= 0.6 is 0 Å². The van der Waals surface area contributed by atoms with Crippen LogP contribution in [0.3, 0.4) is 0 Å². The third kappa shape index (κ3) is 1.37. The van der Waals surface area contributed by atoms with E-state index in [-0.39, 0.29) is 5.78 Å². The molecule has 1 unspecified atom stereocenters. The van der Waals surface area contributed by atoms with Gasteiger partial charge in [-0.15, -0.1) is 0 Å². The number of hydrogen-bond donors (Lipinski definition) is 0. The molecule has 0 fully saturated rings. The van der Waals surface area contributed by atoms with Crippen LogP contribution in [0.4, 0.5) is 0 Å². The molecule has 2 heterocycles. The summed E-state index contributed by atoms with van der Waals surface area (Å²) in [7, 11) is 0. The number of Topliss-reactive ketones (excluding diaryl/α,β-unsaturated/α-hetero) is 1. The van der Waals surface area contributed by atoms with E-state index in [9.17, 15) is 4.79 Å². The van der Waals surface area contributed by atoms with E-state index in [1.165, 1.54) is 0 Å². The molecular weight excluding hydrogens is 240 g/mol. The summed E-state index contributed by atoms with van der Waals surface area (Å²) in [4.78, 5) is 12.8. The molecule has 1 spiro atoms. The molecule has 2 aromatic carbocycles. The number of hydrogen-bond acceptors (Lipinski definition) is 3. The van der Waals surface area contributed by atoms with Crippen molar-refractivity contribution >= 4 is 5.78 Å². The Kier molecular flexibility index (Phi) is 2.16. The summed E-state index contributed by atoms with van der Waals surface area (Å²) in [5.41, 5.74) is 3.49. The fourth-order valence-corrected chi connectivity index (χ4v) is 2.82. The van der Waals surface area contributed by atoms with Gasteiger partial charge in [-0.05, 0) is 11.1 Å². The number of ether oxygens (including phenoxy) is 2. The molecule has 3 nitrogen and oxygen atoms in total. The molecule has 1 atom stereocenters. The van der Waals surface area contributed by atoms with Gasteiger partial charge in [0.1, 0.15) is 0 Å². The Morgan fingerprint density at radius 2 is 1.47 bits per heavy atom. The quantitative estimate of drug-likeness (QED) is 0.723. The lowest BCUT2D eigenvalue weighted by molar-refractivity contribution is -0.212.